The quantitative estimate of drug-likeness (QED) is 0.859. The molecule has 1 amide bonds. The van der Waals surface area contributed by atoms with E-state index in [9.17, 15) is 4.79 Å². The lowest BCUT2D eigenvalue weighted by atomic mass is 9.87. The molecule has 0 spiro atoms. The van der Waals surface area contributed by atoms with Gasteiger partial charge in [-0.15, -0.1) is 0 Å². The van der Waals surface area contributed by atoms with Crippen LogP contribution in [0.25, 0.3) is 0 Å². The zero-order valence-corrected chi connectivity index (χ0v) is 13.9. The molecule has 0 unspecified atom stereocenters. The minimum atomic E-state index is -0.0952. The van der Waals surface area contributed by atoms with Crippen molar-refractivity contribution in [2.24, 2.45) is 0 Å². The molecular weight excluding hydrogens is 296 g/mol. The van der Waals surface area contributed by atoms with Crippen LogP contribution in [-0.2, 0) is 10.2 Å². The summed E-state index contributed by atoms with van der Waals surface area (Å²) < 4.78 is 0. The van der Waals surface area contributed by atoms with Gasteiger partial charge in [0.25, 0.3) is 0 Å². The highest BCUT2D eigenvalue weighted by Gasteiger charge is 2.12. The summed E-state index contributed by atoms with van der Waals surface area (Å²) in [5.41, 5.74) is 3.06. The van der Waals surface area contributed by atoms with E-state index in [2.05, 4.69) is 43.5 Å². The van der Waals surface area contributed by atoms with Gasteiger partial charge < -0.3 is 10.6 Å². The third-order valence-electron chi connectivity index (χ3n) is 3.33. The second-order valence-electron chi connectivity index (χ2n) is 6.24. The first-order chi connectivity index (χ1) is 10.3. The SMILES string of the molecule is CC(C)(C)c1ccc(NCC(=O)Nc2ccc(Cl)cc2)cc1. The molecule has 22 heavy (non-hydrogen) atoms. The van der Waals surface area contributed by atoms with E-state index < -0.39 is 0 Å². The van der Waals surface area contributed by atoms with Gasteiger partial charge in [-0.25, -0.2) is 0 Å². The molecule has 2 rings (SSSR count). The van der Waals surface area contributed by atoms with Gasteiger partial charge >= 0.3 is 0 Å². The maximum absolute atomic E-state index is 11.9. The number of carbonyl (C=O) groups is 1. The maximum atomic E-state index is 11.9. The van der Waals surface area contributed by atoms with Gasteiger partial charge in [-0.05, 0) is 47.4 Å². The Bertz CT molecular complexity index is 628. The molecule has 0 aliphatic rings. The van der Waals surface area contributed by atoms with Crippen LogP contribution < -0.4 is 10.6 Å². The molecule has 0 saturated heterocycles. The predicted octanol–water partition coefficient (Wildman–Crippen LogP) is 4.69. The van der Waals surface area contributed by atoms with E-state index in [1.807, 2.05) is 12.1 Å². The molecule has 2 N–H and O–H groups in total. The molecule has 4 heteroatoms. The van der Waals surface area contributed by atoms with Gasteiger partial charge in [-0.3, -0.25) is 4.79 Å². The molecule has 0 heterocycles. The van der Waals surface area contributed by atoms with E-state index >= 15 is 0 Å². The van der Waals surface area contributed by atoms with Crippen LogP contribution in [0, 0.1) is 0 Å². The Kier molecular flexibility index (Phi) is 5.09. The van der Waals surface area contributed by atoms with E-state index in [0.29, 0.717) is 5.02 Å². The minimum Gasteiger partial charge on any atom is -0.376 e. The largest absolute Gasteiger partial charge is 0.376 e. The van der Waals surface area contributed by atoms with Crippen LogP contribution in [0.3, 0.4) is 0 Å². The lowest BCUT2D eigenvalue weighted by molar-refractivity contribution is -0.114. The Hall–Kier alpha value is -2.00. The minimum absolute atomic E-state index is 0.0952. The number of hydrogen-bond acceptors (Lipinski definition) is 2. The summed E-state index contributed by atoms with van der Waals surface area (Å²) in [6.45, 7) is 6.75. The summed E-state index contributed by atoms with van der Waals surface area (Å²) in [6, 6.07) is 15.2. The van der Waals surface area contributed by atoms with Crippen molar-refractivity contribution in [3.05, 3.63) is 59.1 Å². The number of benzene rings is 2. The molecule has 2 aromatic rings. The van der Waals surface area contributed by atoms with Gasteiger partial charge in [0.2, 0.25) is 5.91 Å². The molecule has 0 aromatic heterocycles. The molecule has 0 saturated carbocycles. The zero-order chi connectivity index (χ0) is 16.2. The molecule has 0 aliphatic heterocycles. The zero-order valence-electron chi connectivity index (χ0n) is 13.1. The van der Waals surface area contributed by atoms with Crippen molar-refractivity contribution < 1.29 is 4.79 Å². The summed E-state index contributed by atoms with van der Waals surface area (Å²) in [5, 5.41) is 6.58. The standard InChI is InChI=1S/C18H21ClN2O/c1-18(2,3)13-4-8-15(9-5-13)20-12-17(22)21-16-10-6-14(19)7-11-16/h4-11,20H,12H2,1-3H3,(H,21,22). The first-order valence-corrected chi connectivity index (χ1v) is 7.62. The fourth-order valence-electron chi connectivity index (χ4n) is 2.01. The smallest absolute Gasteiger partial charge is 0.243 e. The van der Waals surface area contributed by atoms with E-state index in [4.69, 9.17) is 11.6 Å². The molecule has 116 valence electrons. The summed E-state index contributed by atoms with van der Waals surface area (Å²) in [6.07, 6.45) is 0. The number of rotatable bonds is 4. The Morgan fingerprint density at radius 2 is 1.50 bits per heavy atom. The van der Waals surface area contributed by atoms with Gasteiger partial charge in [0.1, 0.15) is 0 Å². The topological polar surface area (TPSA) is 41.1 Å². The van der Waals surface area contributed by atoms with Crippen LogP contribution in [0.15, 0.2) is 48.5 Å². The maximum Gasteiger partial charge on any atom is 0.243 e. The van der Waals surface area contributed by atoms with Gasteiger partial charge in [0.15, 0.2) is 0 Å². The average molecular weight is 317 g/mol. The van der Waals surface area contributed by atoms with Gasteiger partial charge in [-0.1, -0.05) is 44.5 Å². The molecule has 3 nitrogen and oxygen atoms in total. The number of anilines is 2. The van der Waals surface area contributed by atoms with Crippen molar-refractivity contribution in [2.45, 2.75) is 26.2 Å². The van der Waals surface area contributed by atoms with Crippen LogP contribution in [0.1, 0.15) is 26.3 Å². The normalized spacial score (nSPS) is 11.1. The highest BCUT2D eigenvalue weighted by atomic mass is 35.5. The summed E-state index contributed by atoms with van der Waals surface area (Å²) in [5.74, 6) is -0.0952. The van der Waals surface area contributed by atoms with E-state index in [-0.39, 0.29) is 17.9 Å². The third-order valence-corrected chi connectivity index (χ3v) is 3.58. The molecule has 0 aliphatic carbocycles. The molecule has 2 aromatic carbocycles. The predicted molar refractivity (Wildman–Crippen MR) is 93.7 cm³/mol. The highest BCUT2D eigenvalue weighted by Crippen LogP contribution is 2.23. The van der Waals surface area contributed by atoms with Crippen LogP contribution in [0.2, 0.25) is 5.02 Å². The van der Waals surface area contributed by atoms with Gasteiger partial charge in [0.05, 0.1) is 6.54 Å². The van der Waals surface area contributed by atoms with Crippen LogP contribution >= 0.6 is 11.6 Å². The van der Waals surface area contributed by atoms with E-state index in [1.165, 1.54) is 5.56 Å². The average Bonchev–Trinajstić information content (AvgIpc) is 2.47. The fraction of sp³-hybridized carbons (Fsp3) is 0.278. The monoisotopic (exact) mass is 316 g/mol. The van der Waals surface area contributed by atoms with Crippen molar-refractivity contribution in [1.29, 1.82) is 0 Å². The van der Waals surface area contributed by atoms with Gasteiger partial charge in [0, 0.05) is 16.4 Å². The second kappa shape index (κ2) is 6.84. The van der Waals surface area contributed by atoms with Gasteiger partial charge in [-0.2, -0.15) is 0 Å². The lowest BCUT2D eigenvalue weighted by Gasteiger charge is -2.19. The second-order valence-corrected chi connectivity index (χ2v) is 6.67. The summed E-state index contributed by atoms with van der Waals surface area (Å²) in [4.78, 5) is 11.9. The Morgan fingerprint density at radius 1 is 0.955 bits per heavy atom. The fourth-order valence-corrected chi connectivity index (χ4v) is 2.13. The first-order valence-electron chi connectivity index (χ1n) is 7.24. The molecule has 0 atom stereocenters. The van der Waals surface area contributed by atoms with Crippen LogP contribution in [-0.4, -0.2) is 12.5 Å². The molecule has 0 bridgehead atoms. The number of carbonyl (C=O) groups excluding carboxylic acids is 1. The summed E-state index contributed by atoms with van der Waals surface area (Å²) in [7, 11) is 0. The third kappa shape index (κ3) is 4.78. The Morgan fingerprint density at radius 3 is 2.05 bits per heavy atom. The molecule has 0 radical (unpaired) electrons. The van der Waals surface area contributed by atoms with Crippen molar-refractivity contribution in [2.75, 3.05) is 17.2 Å². The molecule has 0 fully saturated rings. The molecular formula is C18H21ClN2O. The number of amides is 1. The lowest BCUT2D eigenvalue weighted by Crippen LogP contribution is -2.21. The van der Waals surface area contributed by atoms with Crippen molar-refractivity contribution in [3.8, 4) is 0 Å². The number of nitrogens with one attached hydrogen (secondary N) is 2. The first kappa shape index (κ1) is 16.4. The van der Waals surface area contributed by atoms with E-state index in [0.717, 1.165) is 11.4 Å². The van der Waals surface area contributed by atoms with Crippen molar-refractivity contribution >= 4 is 28.9 Å². The number of hydrogen-bond donors (Lipinski definition) is 2. The highest BCUT2D eigenvalue weighted by molar-refractivity contribution is 6.30. The Labute approximate surface area is 136 Å². The summed E-state index contributed by atoms with van der Waals surface area (Å²) >= 11 is 5.81. The Balaban J connectivity index is 1.87. The van der Waals surface area contributed by atoms with Crippen molar-refractivity contribution in [1.82, 2.24) is 0 Å². The number of halogens is 1. The van der Waals surface area contributed by atoms with Crippen LogP contribution in [0.5, 0.6) is 0 Å². The van der Waals surface area contributed by atoms with Crippen molar-refractivity contribution in [3.63, 3.8) is 0 Å². The van der Waals surface area contributed by atoms with Crippen LogP contribution in [0.4, 0.5) is 11.4 Å². The van der Waals surface area contributed by atoms with E-state index in [1.54, 1.807) is 24.3 Å².